The Hall–Kier alpha value is -2.12. The van der Waals surface area contributed by atoms with Crippen molar-refractivity contribution < 1.29 is 0 Å². The lowest BCUT2D eigenvalue weighted by molar-refractivity contribution is 1.36. The molecule has 1 heterocycles. The van der Waals surface area contributed by atoms with Crippen LogP contribution >= 0.6 is 11.3 Å². The van der Waals surface area contributed by atoms with Crippen molar-refractivity contribution in [1.82, 2.24) is 4.98 Å². The van der Waals surface area contributed by atoms with Crippen molar-refractivity contribution in [1.29, 1.82) is 5.26 Å². The van der Waals surface area contributed by atoms with Gasteiger partial charge < -0.3 is 5.32 Å². The molecular weight excluding hydrogens is 230 g/mol. The third-order valence-electron chi connectivity index (χ3n) is 2.16. The van der Waals surface area contributed by atoms with Gasteiger partial charge in [0.2, 0.25) is 0 Å². The van der Waals surface area contributed by atoms with E-state index in [1.54, 1.807) is 13.1 Å². The summed E-state index contributed by atoms with van der Waals surface area (Å²) in [7, 11) is 0. The lowest BCUT2D eigenvalue weighted by atomic mass is 10.2. The van der Waals surface area contributed by atoms with E-state index in [1.165, 1.54) is 11.3 Å². The molecule has 3 nitrogen and oxygen atoms in total. The van der Waals surface area contributed by atoms with Gasteiger partial charge in [0.25, 0.3) is 0 Å². The van der Waals surface area contributed by atoms with E-state index >= 15 is 0 Å². The normalized spacial score (nSPS) is 10.9. The summed E-state index contributed by atoms with van der Waals surface area (Å²) in [6.07, 6.45) is 1.66. The van der Waals surface area contributed by atoms with Crippen molar-refractivity contribution in [2.75, 3.05) is 5.32 Å². The molecule has 0 saturated heterocycles. The topological polar surface area (TPSA) is 48.7 Å². The number of nitriles is 1. The zero-order valence-corrected chi connectivity index (χ0v) is 10.2. The SMILES string of the molecule is CC(C#N)=CNc1nc(-c2ccccc2)cs1. The van der Waals surface area contributed by atoms with Crippen LogP contribution in [0.25, 0.3) is 11.3 Å². The van der Waals surface area contributed by atoms with E-state index in [9.17, 15) is 0 Å². The number of nitrogens with zero attached hydrogens (tertiary/aromatic N) is 2. The highest BCUT2D eigenvalue weighted by Crippen LogP contribution is 2.24. The monoisotopic (exact) mass is 241 g/mol. The molecule has 0 spiro atoms. The van der Waals surface area contributed by atoms with Crippen LogP contribution in [0.4, 0.5) is 5.13 Å². The summed E-state index contributed by atoms with van der Waals surface area (Å²) in [4.78, 5) is 4.44. The number of nitrogens with one attached hydrogen (secondary N) is 1. The summed E-state index contributed by atoms with van der Waals surface area (Å²) in [6, 6.07) is 12.1. The third kappa shape index (κ3) is 2.92. The van der Waals surface area contributed by atoms with Crippen LogP contribution in [0, 0.1) is 11.3 Å². The number of aromatic nitrogens is 1. The van der Waals surface area contributed by atoms with Crippen LogP contribution in [0.2, 0.25) is 0 Å². The Labute approximate surface area is 104 Å². The number of allylic oxidation sites excluding steroid dienone is 1. The van der Waals surface area contributed by atoms with Gasteiger partial charge in [-0.05, 0) is 6.92 Å². The van der Waals surface area contributed by atoms with Crippen molar-refractivity contribution in [2.45, 2.75) is 6.92 Å². The second-order valence-corrected chi connectivity index (χ2v) is 4.35. The lowest BCUT2D eigenvalue weighted by Gasteiger charge is -1.95. The minimum Gasteiger partial charge on any atom is -0.337 e. The maximum atomic E-state index is 8.62. The number of benzene rings is 1. The number of hydrogen-bond acceptors (Lipinski definition) is 4. The molecule has 1 aromatic carbocycles. The fraction of sp³-hybridized carbons (Fsp3) is 0.0769. The van der Waals surface area contributed by atoms with Crippen molar-refractivity contribution in [3.63, 3.8) is 0 Å². The molecule has 0 unspecified atom stereocenters. The van der Waals surface area contributed by atoms with Gasteiger partial charge in [0.05, 0.1) is 11.8 Å². The number of hydrogen-bond donors (Lipinski definition) is 1. The van der Waals surface area contributed by atoms with Gasteiger partial charge in [0, 0.05) is 22.7 Å². The average molecular weight is 241 g/mol. The van der Waals surface area contributed by atoms with Gasteiger partial charge in [-0.15, -0.1) is 11.3 Å². The number of thiazole rings is 1. The van der Waals surface area contributed by atoms with Gasteiger partial charge in [0.15, 0.2) is 5.13 Å². The summed E-state index contributed by atoms with van der Waals surface area (Å²) in [5, 5.41) is 14.4. The quantitative estimate of drug-likeness (QED) is 0.834. The number of anilines is 1. The standard InChI is InChI=1S/C13H11N3S/c1-10(7-14)8-15-13-16-12(9-17-13)11-5-3-2-4-6-11/h2-6,8-9H,1H3,(H,15,16). The molecule has 0 fully saturated rings. The summed E-state index contributed by atoms with van der Waals surface area (Å²) in [5.41, 5.74) is 2.67. The first-order valence-corrected chi connectivity index (χ1v) is 6.02. The van der Waals surface area contributed by atoms with E-state index in [0.29, 0.717) is 5.57 Å². The van der Waals surface area contributed by atoms with Crippen LogP contribution in [0.5, 0.6) is 0 Å². The van der Waals surface area contributed by atoms with Crippen LogP contribution in [0.15, 0.2) is 47.5 Å². The fourth-order valence-electron chi connectivity index (χ4n) is 1.28. The summed E-state index contributed by atoms with van der Waals surface area (Å²) in [6.45, 7) is 1.75. The molecule has 0 aliphatic heterocycles. The van der Waals surface area contributed by atoms with Gasteiger partial charge in [-0.2, -0.15) is 5.26 Å². The molecule has 0 atom stereocenters. The molecule has 0 radical (unpaired) electrons. The van der Waals surface area contributed by atoms with E-state index in [4.69, 9.17) is 5.26 Å². The van der Waals surface area contributed by atoms with Gasteiger partial charge >= 0.3 is 0 Å². The van der Waals surface area contributed by atoms with Crippen LogP contribution in [0.3, 0.4) is 0 Å². The second-order valence-electron chi connectivity index (χ2n) is 3.49. The molecule has 4 heteroatoms. The summed E-state index contributed by atoms with van der Waals surface area (Å²) in [5.74, 6) is 0. The minimum atomic E-state index is 0.626. The van der Waals surface area contributed by atoms with E-state index in [2.05, 4.69) is 10.3 Å². The molecule has 0 bridgehead atoms. The van der Waals surface area contributed by atoms with Gasteiger partial charge in [-0.25, -0.2) is 4.98 Å². The lowest BCUT2D eigenvalue weighted by Crippen LogP contribution is -1.88. The Morgan fingerprint density at radius 2 is 2.18 bits per heavy atom. The van der Waals surface area contributed by atoms with Crippen LogP contribution in [-0.2, 0) is 0 Å². The molecule has 0 saturated carbocycles. The average Bonchev–Trinajstić information content (AvgIpc) is 2.86. The predicted molar refractivity (Wildman–Crippen MR) is 70.5 cm³/mol. The zero-order valence-electron chi connectivity index (χ0n) is 9.34. The molecule has 0 aliphatic rings. The smallest absolute Gasteiger partial charge is 0.187 e. The highest BCUT2D eigenvalue weighted by atomic mass is 32.1. The molecule has 1 N–H and O–H groups in total. The first kappa shape index (κ1) is 11.4. The third-order valence-corrected chi connectivity index (χ3v) is 2.94. The Morgan fingerprint density at radius 3 is 2.88 bits per heavy atom. The summed E-state index contributed by atoms with van der Waals surface area (Å²) < 4.78 is 0. The van der Waals surface area contributed by atoms with Crippen molar-refractivity contribution >= 4 is 16.5 Å². The predicted octanol–water partition coefficient (Wildman–Crippen LogP) is 3.65. The van der Waals surface area contributed by atoms with Gasteiger partial charge in [0.1, 0.15) is 0 Å². The van der Waals surface area contributed by atoms with E-state index in [1.807, 2.05) is 41.8 Å². The van der Waals surface area contributed by atoms with Gasteiger partial charge in [-0.1, -0.05) is 30.3 Å². The maximum Gasteiger partial charge on any atom is 0.187 e. The Bertz CT molecular complexity index is 564. The highest BCUT2D eigenvalue weighted by molar-refractivity contribution is 7.14. The Kier molecular flexibility index (Phi) is 3.53. The van der Waals surface area contributed by atoms with Crippen LogP contribution in [0.1, 0.15) is 6.92 Å². The second kappa shape index (κ2) is 5.28. The highest BCUT2D eigenvalue weighted by Gasteiger charge is 2.02. The molecule has 0 aliphatic carbocycles. The molecule has 0 amide bonds. The molecule has 2 aromatic rings. The Balaban J connectivity index is 2.15. The number of rotatable bonds is 3. The first-order valence-electron chi connectivity index (χ1n) is 5.14. The van der Waals surface area contributed by atoms with Crippen molar-refractivity contribution in [3.8, 4) is 17.3 Å². The van der Waals surface area contributed by atoms with Crippen LogP contribution < -0.4 is 5.32 Å². The largest absolute Gasteiger partial charge is 0.337 e. The van der Waals surface area contributed by atoms with E-state index in [-0.39, 0.29) is 0 Å². The van der Waals surface area contributed by atoms with Crippen LogP contribution in [-0.4, -0.2) is 4.98 Å². The van der Waals surface area contributed by atoms with E-state index < -0.39 is 0 Å². The fourth-order valence-corrected chi connectivity index (χ4v) is 1.97. The maximum absolute atomic E-state index is 8.62. The molecule has 1 aromatic heterocycles. The minimum absolute atomic E-state index is 0.626. The molecule has 17 heavy (non-hydrogen) atoms. The molecule has 2 rings (SSSR count). The summed E-state index contributed by atoms with van der Waals surface area (Å²) >= 11 is 1.52. The van der Waals surface area contributed by atoms with Gasteiger partial charge in [-0.3, -0.25) is 0 Å². The first-order chi connectivity index (χ1) is 8.29. The molecular formula is C13H11N3S. The van der Waals surface area contributed by atoms with Crippen molar-refractivity contribution in [3.05, 3.63) is 47.5 Å². The van der Waals surface area contributed by atoms with Crippen molar-refractivity contribution in [2.24, 2.45) is 0 Å². The Morgan fingerprint density at radius 1 is 1.41 bits per heavy atom. The van der Waals surface area contributed by atoms with E-state index in [0.717, 1.165) is 16.4 Å². The molecule has 84 valence electrons. The zero-order chi connectivity index (χ0) is 12.1.